The van der Waals surface area contributed by atoms with E-state index in [1.165, 1.54) is 0 Å². The summed E-state index contributed by atoms with van der Waals surface area (Å²) >= 11 is 0. The highest BCUT2D eigenvalue weighted by Crippen LogP contribution is 2.26. The molecule has 0 bridgehead atoms. The predicted octanol–water partition coefficient (Wildman–Crippen LogP) is 1.50. The Labute approximate surface area is 119 Å². The van der Waals surface area contributed by atoms with E-state index in [0.717, 1.165) is 30.6 Å². The maximum atomic E-state index is 12.5. The summed E-state index contributed by atoms with van der Waals surface area (Å²) in [5.74, 6) is 0. The fraction of sp³-hybridized carbons (Fsp3) is 0.571. The van der Waals surface area contributed by atoms with Crippen molar-refractivity contribution in [2.45, 2.75) is 36.6 Å². The molecule has 0 saturated carbocycles. The van der Waals surface area contributed by atoms with Crippen molar-refractivity contribution in [1.82, 2.24) is 4.72 Å². The van der Waals surface area contributed by atoms with Crippen molar-refractivity contribution < 1.29 is 13.2 Å². The summed E-state index contributed by atoms with van der Waals surface area (Å²) in [5, 5.41) is 3.29. The second-order valence-electron chi connectivity index (χ2n) is 5.82. The number of ether oxygens (including phenoxy) is 1. The molecule has 1 saturated heterocycles. The second kappa shape index (κ2) is 5.02. The normalized spacial score (nSPS) is 26.1. The SMILES string of the molecule is CC1(NS(=O)(=O)c2ccc3c(c2)CCCN3)CCOC1. The fourth-order valence-electron chi connectivity index (χ4n) is 2.75. The third-order valence-corrected chi connectivity index (χ3v) is 5.56. The molecular weight excluding hydrogens is 276 g/mol. The largest absolute Gasteiger partial charge is 0.385 e. The van der Waals surface area contributed by atoms with Gasteiger partial charge in [0.25, 0.3) is 0 Å². The van der Waals surface area contributed by atoms with E-state index in [0.29, 0.717) is 24.5 Å². The molecular formula is C14H20N2O3S. The predicted molar refractivity (Wildman–Crippen MR) is 77.4 cm³/mol. The van der Waals surface area contributed by atoms with Gasteiger partial charge in [0.15, 0.2) is 0 Å². The lowest BCUT2D eigenvalue weighted by atomic mass is 10.0. The Morgan fingerprint density at radius 3 is 3.00 bits per heavy atom. The van der Waals surface area contributed by atoms with Gasteiger partial charge in [0, 0.05) is 18.8 Å². The number of rotatable bonds is 3. The Morgan fingerprint density at radius 2 is 2.25 bits per heavy atom. The molecule has 2 heterocycles. The van der Waals surface area contributed by atoms with E-state index in [-0.39, 0.29) is 0 Å². The van der Waals surface area contributed by atoms with Crippen LogP contribution < -0.4 is 10.0 Å². The number of hydrogen-bond acceptors (Lipinski definition) is 4. The van der Waals surface area contributed by atoms with Gasteiger partial charge in [-0.15, -0.1) is 0 Å². The van der Waals surface area contributed by atoms with Gasteiger partial charge < -0.3 is 10.1 Å². The minimum Gasteiger partial charge on any atom is -0.385 e. The molecule has 3 rings (SSSR count). The highest BCUT2D eigenvalue weighted by atomic mass is 32.2. The summed E-state index contributed by atoms with van der Waals surface area (Å²) in [6.07, 6.45) is 2.67. The molecule has 110 valence electrons. The second-order valence-corrected chi connectivity index (χ2v) is 7.50. The topological polar surface area (TPSA) is 67.4 Å². The Hall–Kier alpha value is -1.11. The standard InChI is InChI=1S/C14H20N2O3S/c1-14(6-8-19-10-14)16-20(17,18)12-4-5-13-11(9-12)3-2-7-15-13/h4-5,9,15-16H,2-3,6-8,10H2,1H3. The van der Waals surface area contributed by atoms with Gasteiger partial charge in [-0.25, -0.2) is 13.1 Å². The zero-order valence-electron chi connectivity index (χ0n) is 11.6. The maximum absolute atomic E-state index is 12.5. The number of anilines is 1. The van der Waals surface area contributed by atoms with Crippen molar-refractivity contribution in [3.05, 3.63) is 23.8 Å². The summed E-state index contributed by atoms with van der Waals surface area (Å²) in [6, 6.07) is 5.30. The van der Waals surface area contributed by atoms with Crippen LogP contribution in [0.4, 0.5) is 5.69 Å². The molecule has 0 aliphatic carbocycles. The Kier molecular flexibility index (Phi) is 3.48. The van der Waals surface area contributed by atoms with Crippen LogP contribution in [0.1, 0.15) is 25.3 Å². The van der Waals surface area contributed by atoms with Gasteiger partial charge in [-0.3, -0.25) is 0 Å². The highest BCUT2D eigenvalue weighted by Gasteiger charge is 2.34. The Morgan fingerprint density at radius 1 is 1.40 bits per heavy atom. The molecule has 1 unspecified atom stereocenters. The first-order valence-corrected chi connectivity index (χ1v) is 8.45. The summed E-state index contributed by atoms with van der Waals surface area (Å²) in [4.78, 5) is 0.341. The average Bonchev–Trinajstić information content (AvgIpc) is 2.83. The van der Waals surface area contributed by atoms with Gasteiger partial charge in [-0.2, -0.15) is 0 Å². The molecule has 1 atom stereocenters. The molecule has 1 fully saturated rings. The van der Waals surface area contributed by atoms with Crippen molar-refractivity contribution >= 4 is 15.7 Å². The van der Waals surface area contributed by atoms with Gasteiger partial charge in [0.1, 0.15) is 0 Å². The summed E-state index contributed by atoms with van der Waals surface area (Å²) in [6.45, 7) is 3.87. The lowest BCUT2D eigenvalue weighted by Gasteiger charge is -2.24. The van der Waals surface area contributed by atoms with E-state index in [1.54, 1.807) is 12.1 Å². The first-order chi connectivity index (χ1) is 9.49. The molecule has 5 nitrogen and oxygen atoms in total. The van der Waals surface area contributed by atoms with Gasteiger partial charge in [0.05, 0.1) is 17.0 Å². The molecule has 1 aromatic rings. The molecule has 2 aliphatic rings. The summed E-state index contributed by atoms with van der Waals surface area (Å²) in [5.41, 5.74) is 1.63. The van der Waals surface area contributed by atoms with E-state index >= 15 is 0 Å². The number of benzene rings is 1. The van der Waals surface area contributed by atoms with E-state index in [1.807, 2.05) is 13.0 Å². The number of hydrogen-bond donors (Lipinski definition) is 2. The van der Waals surface area contributed by atoms with Crippen molar-refractivity contribution in [3.8, 4) is 0 Å². The quantitative estimate of drug-likeness (QED) is 0.887. The highest BCUT2D eigenvalue weighted by molar-refractivity contribution is 7.89. The Balaban J connectivity index is 1.87. The minimum atomic E-state index is -3.49. The van der Waals surface area contributed by atoms with Crippen LogP contribution in [0.15, 0.2) is 23.1 Å². The van der Waals surface area contributed by atoms with E-state index < -0.39 is 15.6 Å². The van der Waals surface area contributed by atoms with Crippen molar-refractivity contribution in [2.24, 2.45) is 0 Å². The van der Waals surface area contributed by atoms with Crippen LogP contribution in [0.5, 0.6) is 0 Å². The van der Waals surface area contributed by atoms with Crippen LogP contribution in [-0.2, 0) is 21.2 Å². The average molecular weight is 296 g/mol. The lowest BCUT2D eigenvalue weighted by molar-refractivity contribution is 0.178. The van der Waals surface area contributed by atoms with Crippen LogP contribution >= 0.6 is 0 Å². The zero-order chi connectivity index (χ0) is 14.2. The van der Waals surface area contributed by atoms with Gasteiger partial charge in [-0.05, 0) is 49.9 Å². The van der Waals surface area contributed by atoms with Crippen molar-refractivity contribution in [2.75, 3.05) is 25.1 Å². The minimum absolute atomic E-state index is 0.341. The molecule has 2 aliphatic heterocycles. The van der Waals surface area contributed by atoms with Crippen LogP contribution in [-0.4, -0.2) is 33.7 Å². The van der Waals surface area contributed by atoms with Crippen LogP contribution in [0.2, 0.25) is 0 Å². The van der Waals surface area contributed by atoms with E-state index in [4.69, 9.17) is 4.74 Å². The van der Waals surface area contributed by atoms with E-state index in [9.17, 15) is 8.42 Å². The van der Waals surface area contributed by atoms with Crippen LogP contribution in [0.3, 0.4) is 0 Å². The molecule has 2 N–H and O–H groups in total. The Bertz CT molecular complexity index is 607. The zero-order valence-corrected chi connectivity index (χ0v) is 12.4. The van der Waals surface area contributed by atoms with E-state index in [2.05, 4.69) is 10.0 Å². The summed E-state index contributed by atoms with van der Waals surface area (Å²) < 4.78 is 33.1. The lowest BCUT2D eigenvalue weighted by Crippen LogP contribution is -2.46. The number of nitrogens with one attached hydrogen (secondary N) is 2. The molecule has 0 amide bonds. The van der Waals surface area contributed by atoms with Gasteiger partial charge >= 0.3 is 0 Å². The van der Waals surface area contributed by atoms with Crippen LogP contribution in [0.25, 0.3) is 0 Å². The fourth-order valence-corrected chi connectivity index (χ4v) is 4.22. The first-order valence-electron chi connectivity index (χ1n) is 6.97. The number of aryl methyl sites for hydroxylation is 1. The molecule has 0 aromatic heterocycles. The third kappa shape index (κ3) is 2.68. The van der Waals surface area contributed by atoms with Gasteiger partial charge in [-0.1, -0.05) is 0 Å². The van der Waals surface area contributed by atoms with Crippen LogP contribution in [0, 0.1) is 0 Å². The van der Waals surface area contributed by atoms with Crippen molar-refractivity contribution in [3.63, 3.8) is 0 Å². The number of sulfonamides is 1. The molecule has 0 radical (unpaired) electrons. The smallest absolute Gasteiger partial charge is 0.241 e. The van der Waals surface area contributed by atoms with Gasteiger partial charge in [0.2, 0.25) is 10.0 Å². The van der Waals surface area contributed by atoms with Crippen molar-refractivity contribution in [1.29, 1.82) is 0 Å². The maximum Gasteiger partial charge on any atom is 0.241 e. The first kappa shape index (κ1) is 13.9. The monoisotopic (exact) mass is 296 g/mol. The molecule has 20 heavy (non-hydrogen) atoms. The number of fused-ring (bicyclic) bond motifs is 1. The third-order valence-electron chi connectivity index (χ3n) is 3.92. The molecule has 6 heteroatoms. The summed E-state index contributed by atoms with van der Waals surface area (Å²) in [7, 11) is -3.49. The molecule has 1 aromatic carbocycles. The molecule has 0 spiro atoms.